The van der Waals surface area contributed by atoms with Crippen LogP contribution in [-0.4, -0.2) is 18.0 Å². The minimum atomic E-state index is -0.415. The second-order valence-corrected chi connectivity index (χ2v) is 5.44. The summed E-state index contributed by atoms with van der Waals surface area (Å²) in [5.41, 5.74) is 0. The third-order valence-electron chi connectivity index (χ3n) is 2.82. The summed E-state index contributed by atoms with van der Waals surface area (Å²) < 4.78 is 11.8. The highest BCUT2D eigenvalue weighted by Crippen LogP contribution is 2.32. The molecule has 1 rings (SSSR count). The molecule has 0 aromatic heterocycles. The summed E-state index contributed by atoms with van der Waals surface area (Å²) in [7, 11) is 0. The number of rotatable bonds is 2. The quantitative estimate of drug-likeness (QED) is 0.681. The predicted molar refractivity (Wildman–Crippen MR) is 58.1 cm³/mol. The first-order chi connectivity index (χ1) is 6.32. The van der Waals surface area contributed by atoms with E-state index in [1.807, 2.05) is 13.8 Å². The Balaban J connectivity index is 2.67. The molecule has 0 N–H and O–H groups in total. The van der Waals surface area contributed by atoms with Gasteiger partial charge in [-0.3, -0.25) is 0 Å². The molecule has 0 radical (unpaired) electrons. The zero-order valence-electron chi connectivity index (χ0n) is 10.3. The lowest BCUT2D eigenvalue weighted by atomic mass is 9.93. The Morgan fingerprint density at radius 3 is 1.57 bits per heavy atom. The average Bonchev–Trinajstić information content (AvgIpc) is 2.01. The average molecular weight is 200 g/mol. The Morgan fingerprint density at radius 2 is 1.29 bits per heavy atom. The van der Waals surface area contributed by atoms with Crippen molar-refractivity contribution < 1.29 is 9.47 Å². The lowest BCUT2D eigenvalue weighted by Gasteiger charge is -2.43. The van der Waals surface area contributed by atoms with E-state index in [0.717, 1.165) is 6.42 Å². The van der Waals surface area contributed by atoms with Gasteiger partial charge in [0.1, 0.15) is 0 Å². The van der Waals surface area contributed by atoms with Crippen LogP contribution in [0.15, 0.2) is 0 Å². The summed E-state index contributed by atoms with van der Waals surface area (Å²) in [5, 5.41) is 0. The summed E-state index contributed by atoms with van der Waals surface area (Å²) in [6, 6.07) is 0. The van der Waals surface area contributed by atoms with E-state index in [1.54, 1.807) is 0 Å². The molecule has 0 aromatic rings. The molecule has 0 bridgehead atoms. The third-order valence-corrected chi connectivity index (χ3v) is 2.82. The molecule has 0 spiro atoms. The second kappa shape index (κ2) is 4.19. The molecule has 84 valence electrons. The maximum Gasteiger partial charge on any atom is 0.163 e. The second-order valence-electron chi connectivity index (χ2n) is 5.44. The minimum absolute atomic E-state index is 0.339. The lowest BCUT2D eigenvalue weighted by molar-refractivity contribution is -0.312. The van der Waals surface area contributed by atoms with Gasteiger partial charge in [0.2, 0.25) is 0 Å². The van der Waals surface area contributed by atoms with E-state index in [1.165, 1.54) is 0 Å². The highest BCUT2D eigenvalue weighted by Gasteiger charge is 2.37. The first kappa shape index (κ1) is 12.0. The Hall–Kier alpha value is -0.0800. The van der Waals surface area contributed by atoms with Crippen molar-refractivity contribution in [3.63, 3.8) is 0 Å². The summed E-state index contributed by atoms with van der Waals surface area (Å²) in [6.45, 7) is 12.9. The van der Waals surface area contributed by atoms with Crippen molar-refractivity contribution in [2.75, 3.05) is 0 Å². The van der Waals surface area contributed by atoms with Crippen molar-refractivity contribution in [2.24, 2.45) is 11.8 Å². The van der Waals surface area contributed by atoms with Gasteiger partial charge in [-0.15, -0.1) is 0 Å². The predicted octanol–water partition coefficient (Wildman–Crippen LogP) is 3.21. The Kier molecular flexibility index (Phi) is 3.59. The molecule has 1 aliphatic heterocycles. The molecule has 2 heteroatoms. The number of hydrogen-bond donors (Lipinski definition) is 0. The summed E-state index contributed by atoms with van der Waals surface area (Å²) >= 11 is 0. The van der Waals surface area contributed by atoms with Gasteiger partial charge in [0, 0.05) is 6.42 Å². The van der Waals surface area contributed by atoms with Crippen LogP contribution < -0.4 is 0 Å². The lowest BCUT2D eigenvalue weighted by Crippen LogP contribution is -2.47. The van der Waals surface area contributed by atoms with Crippen molar-refractivity contribution in [1.29, 1.82) is 0 Å². The molecule has 0 amide bonds. The van der Waals surface area contributed by atoms with Crippen LogP contribution in [0.4, 0.5) is 0 Å². The smallest absolute Gasteiger partial charge is 0.163 e. The van der Waals surface area contributed by atoms with E-state index in [9.17, 15) is 0 Å². The number of hydrogen-bond acceptors (Lipinski definition) is 2. The maximum atomic E-state index is 5.89. The first-order valence-corrected chi connectivity index (χ1v) is 5.67. The Morgan fingerprint density at radius 1 is 0.929 bits per heavy atom. The Labute approximate surface area is 88.0 Å². The van der Waals surface area contributed by atoms with Crippen LogP contribution in [0.1, 0.15) is 48.0 Å². The van der Waals surface area contributed by atoms with Gasteiger partial charge in [-0.05, 0) is 25.7 Å². The van der Waals surface area contributed by atoms with E-state index in [0.29, 0.717) is 24.0 Å². The standard InChI is InChI=1S/C12H24O2/c1-8(2)10-7-11(9(3)4)14-12(5,6)13-10/h8-11H,7H2,1-6H3/t10-,11+. The van der Waals surface area contributed by atoms with Crippen molar-refractivity contribution in [2.45, 2.75) is 66.0 Å². The molecule has 1 aliphatic rings. The zero-order chi connectivity index (χ0) is 10.9. The van der Waals surface area contributed by atoms with Crippen molar-refractivity contribution in [1.82, 2.24) is 0 Å². The van der Waals surface area contributed by atoms with Gasteiger partial charge >= 0.3 is 0 Å². The van der Waals surface area contributed by atoms with Gasteiger partial charge in [-0.2, -0.15) is 0 Å². The molecular formula is C12H24O2. The highest BCUT2D eigenvalue weighted by atomic mass is 16.7. The first-order valence-electron chi connectivity index (χ1n) is 5.67. The summed E-state index contributed by atoms with van der Waals surface area (Å²) in [5.74, 6) is 0.723. The summed E-state index contributed by atoms with van der Waals surface area (Å²) in [6.07, 6.45) is 1.70. The number of ether oxygens (including phenoxy) is 2. The highest BCUT2D eigenvalue weighted by molar-refractivity contribution is 4.79. The topological polar surface area (TPSA) is 18.5 Å². The third kappa shape index (κ3) is 2.96. The van der Waals surface area contributed by atoms with Gasteiger partial charge in [-0.25, -0.2) is 0 Å². The normalized spacial score (nSPS) is 32.6. The van der Waals surface area contributed by atoms with Gasteiger partial charge in [0.05, 0.1) is 12.2 Å². The fourth-order valence-corrected chi connectivity index (χ4v) is 1.90. The van der Waals surface area contributed by atoms with E-state index >= 15 is 0 Å². The molecule has 1 saturated heterocycles. The molecule has 1 heterocycles. The molecule has 1 fully saturated rings. The van der Waals surface area contributed by atoms with E-state index < -0.39 is 5.79 Å². The zero-order valence-corrected chi connectivity index (χ0v) is 10.3. The largest absolute Gasteiger partial charge is 0.347 e. The SMILES string of the molecule is CC(C)[C@@H]1C[C@H](C(C)C)OC(C)(C)O1. The van der Waals surface area contributed by atoms with Crippen LogP contribution in [0, 0.1) is 11.8 Å². The van der Waals surface area contributed by atoms with Crippen LogP contribution in [0.3, 0.4) is 0 Å². The molecule has 2 nitrogen and oxygen atoms in total. The fraction of sp³-hybridized carbons (Fsp3) is 1.00. The molecule has 0 saturated carbocycles. The van der Waals surface area contributed by atoms with Crippen LogP contribution in [0.25, 0.3) is 0 Å². The van der Waals surface area contributed by atoms with Crippen molar-refractivity contribution in [3.05, 3.63) is 0 Å². The molecule has 0 aliphatic carbocycles. The van der Waals surface area contributed by atoms with Crippen LogP contribution >= 0.6 is 0 Å². The molecule has 2 atom stereocenters. The van der Waals surface area contributed by atoms with Gasteiger partial charge in [0.25, 0.3) is 0 Å². The van der Waals surface area contributed by atoms with Crippen molar-refractivity contribution >= 4 is 0 Å². The summed E-state index contributed by atoms with van der Waals surface area (Å²) in [4.78, 5) is 0. The molecular weight excluding hydrogens is 176 g/mol. The van der Waals surface area contributed by atoms with Gasteiger partial charge in [0.15, 0.2) is 5.79 Å². The monoisotopic (exact) mass is 200 g/mol. The van der Waals surface area contributed by atoms with E-state index in [-0.39, 0.29) is 0 Å². The van der Waals surface area contributed by atoms with Crippen LogP contribution in [0.2, 0.25) is 0 Å². The van der Waals surface area contributed by atoms with E-state index in [2.05, 4.69) is 27.7 Å². The molecule has 14 heavy (non-hydrogen) atoms. The molecule has 0 unspecified atom stereocenters. The maximum absolute atomic E-state index is 5.89. The van der Waals surface area contributed by atoms with Crippen LogP contribution in [0.5, 0.6) is 0 Å². The molecule has 0 aromatic carbocycles. The fourth-order valence-electron chi connectivity index (χ4n) is 1.90. The van der Waals surface area contributed by atoms with Gasteiger partial charge in [-0.1, -0.05) is 27.7 Å². The van der Waals surface area contributed by atoms with Gasteiger partial charge < -0.3 is 9.47 Å². The van der Waals surface area contributed by atoms with Crippen molar-refractivity contribution in [3.8, 4) is 0 Å². The van der Waals surface area contributed by atoms with Crippen LogP contribution in [-0.2, 0) is 9.47 Å². The van der Waals surface area contributed by atoms with E-state index in [4.69, 9.17) is 9.47 Å². The Bertz CT molecular complexity index is 167. The minimum Gasteiger partial charge on any atom is -0.347 e.